The van der Waals surface area contributed by atoms with Crippen LogP contribution in [-0.2, 0) is 10.2 Å². The Kier molecular flexibility index (Phi) is 6.06. The van der Waals surface area contributed by atoms with Crippen LogP contribution in [0, 0.1) is 12.7 Å². The third-order valence-corrected chi connectivity index (χ3v) is 5.22. The molecule has 0 spiro atoms. The van der Waals surface area contributed by atoms with Crippen molar-refractivity contribution in [1.29, 1.82) is 0 Å². The molecule has 1 aromatic heterocycles. The largest absolute Gasteiger partial charge is 0.381 e. The smallest absolute Gasteiger partial charge is 0.171 e. The summed E-state index contributed by atoms with van der Waals surface area (Å²) in [6.07, 6.45) is 3.29. The fourth-order valence-electron chi connectivity index (χ4n) is 3.21. The van der Waals surface area contributed by atoms with Crippen LogP contribution in [0.5, 0.6) is 0 Å². The van der Waals surface area contributed by atoms with Crippen LogP contribution in [0.4, 0.5) is 10.2 Å². The molecule has 1 aliphatic heterocycles. The van der Waals surface area contributed by atoms with E-state index in [2.05, 4.69) is 15.6 Å². The molecular formula is C19H21ClFN3OS. The molecule has 0 atom stereocenters. The maximum absolute atomic E-state index is 13.3. The Hall–Kier alpha value is -1.76. The molecule has 138 valence electrons. The topological polar surface area (TPSA) is 46.2 Å². The number of nitrogens with zero attached hydrogens (tertiary/aromatic N) is 1. The number of benzene rings is 1. The van der Waals surface area contributed by atoms with Gasteiger partial charge in [0.2, 0.25) is 0 Å². The summed E-state index contributed by atoms with van der Waals surface area (Å²) < 4.78 is 18.8. The van der Waals surface area contributed by atoms with Gasteiger partial charge in [0.25, 0.3) is 0 Å². The lowest BCUT2D eigenvalue weighted by atomic mass is 9.74. The summed E-state index contributed by atoms with van der Waals surface area (Å²) in [4.78, 5) is 4.27. The molecule has 0 bridgehead atoms. The fourth-order valence-corrected chi connectivity index (χ4v) is 3.59. The molecule has 4 nitrogen and oxygen atoms in total. The number of rotatable bonds is 4. The van der Waals surface area contributed by atoms with Gasteiger partial charge in [0.15, 0.2) is 5.11 Å². The van der Waals surface area contributed by atoms with E-state index >= 15 is 0 Å². The van der Waals surface area contributed by atoms with Crippen molar-refractivity contribution < 1.29 is 9.13 Å². The van der Waals surface area contributed by atoms with Crippen LogP contribution in [0.3, 0.4) is 0 Å². The molecule has 2 aromatic rings. The van der Waals surface area contributed by atoms with E-state index in [1.54, 1.807) is 6.20 Å². The van der Waals surface area contributed by atoms with Gasteiger partial charge in [-0.05, 0) is 61.3 Å². The van der Waals surface area contributed by atoms with E-state index in [0.29, 0.717) is 35.7 Å². The number of hydrogen-bond acceptors (Lipinski definition) is 3. The lowest BCUT2D eigenvalue weighted by Gasteiger charge is -2.38. The van der Waals surface area contributed by atoms with Crippen molar-refractivity contribution in [2.24, 2.45) is 0 Å². The molecule has 2 heterocycles. The first kappa shape index (κ1) is 19.0. The van der Waals surface area contributed by atoms with Gasteiger partial charge in [-0.1, -0.05) is 23.7 Å². The van der Waals surface area contributed by atoms with Crippen LogP contribution in [0.15, 0.2) is 36.5 Å². The second-order valence-electron chi connectivity index (χ2n) is 6.53. The van der Waals surface area contributed by atoms with Crippen LogP contribution in [-0.4, -0.2) is 29.9 Å². The van der Waals surface area contributed by atoms with Crippen molar-refractivity contribution in [3.05, 3.63) is 58.5 Å². The van der Waals surface area contributed by atoms with E-state index in [9.17, 15) is 4.39 Å². The van der Waals surface area contributed by atoms with Crippen molar-refractivity contribution in [2.45, 2.75) is 25.2 Å². The van der Waals surface area contributed by atoms with Crippen molar-refractivity contribution in [1.82, 2.24) is 10.3 Å². The zero-order valence-electron chi connectivity index (χ0n) is 14.5. The van der Waals surface area contributed by atoms with E-state index in [-0.39, 0.29) is 11.2 Å². The van der Waals surface area contributed by atoms with Crippen LogP contribution in [0.2, 0.25) is 5.02 Å². The summed E-state index contributed by atoms with van der Waals surface area (Å²) in [6, 6.07) is 8.54. The predicted octanol–water partition coefficient (Wildman–Crippen LogP) is 4.22. The maximum Gasteiger partial charge on any atom is 0.171 e. The molecule has 0 radical (unpaired) electrons. The molecule has 0 unspecified atom stereocenters. The van der Waals surface area contributed by atoms with E-state index in [4.69, 9.17) is 28.6 Å². The number of nitrogens with one attached hydrogen (secondary N) is 2. The molecule has 3 rings (SSSR count). The molecule has 0 amide bonds. The molecule has 26 heavy (non-hydrogen) atoms. The van der Waals surface area contributed by atoms with Gasteiger partial charge < -0.3 is 15.4 Å². The maximum atomic E-state index is 13.3. The quantitative estimate of drug-likeness (QED) is 0.761. The summed E-state index contributed by atoms with van der Waals surface area (Å²) in [5.74, 6) is 0.445. The lowest BCUT2D eigenvalue weighted by Crippen LogP contribution is -2.45. The first-order valence-corrected chi connectivity index (χ1v) is 9.28. The summed E-state index contributed by atoms with van der Waals surface area (Å²) in [5.41, 5.74) is 1.87. The van der Waals surface area contributed by atoms with Gasteiger partial charge in [0.1, 0.15) is 11.6 Å². The minimum absolute atomic E-state index is 0.139. The highest BCUT2D eigenvalue weighted by molar-refractivity contribution is 7.80. The molecule has 1 fully saturated rings. The highest BCUT2D eigenvalue weighted by Crippen LogP contribution is 2.34. The van der Waals surface area contributed by atoms with Crippen molar-refractivity contribution in [3.63, 3.8) is 0 Å². The average Bonchev–Trinajstić information content (AvgIpc) is 2.64. The summed E-state index contributed by atoms with van der Waals surface area (Å²) in [6.45, 7) is 3.91. The Bertz CT molecular complexity index is 779. The SMILES string of the molecule is Cc1cc(Cl)cnc1NC(=S)NCC1(c2ccc(F)cc2)CCOCC1. The van der Waals surface area contributed by atoms with Crippen LogP contribution in [0.1, 0.15) is 24.0 Å². The molecule has 1 aromatic carbocycles. The van der Waals surface area contributed by atoms with Crippen LogP contribution >= 0.6 is 23.8 Å². The van der Waals surface area contributed by atoms with Gasteiger partial charge in [-0.3, -0.25) is 0 Å². The van der Waals surface area contributed by atoms with E-state index in [0.717, 1.165) is 24.0 Å². The number of ether oxygens (including phenoxy) is 1. The van der Waals surface area contributed by atoms with E-state index in [1.807, 2.05) is 25.1 Å². The molecule has 0 saturated carbocycles. The zero-order chi connectivity index (χ0) is 18.6. The number of aromatic nitrogens is 1. The zero-order valence-corrected chi connectivity index (χ0v) is 16.1. The number of pyridine rings is 1. The second-order valence-corrected chi connectivity index (χ2v) is 7.37. The minimum atomic E-state index is -0.231. The second kappa shape index (κ2) is 8.29. The monoisotopic (exact) mass is 393 g/mol. The summed E-state index contributed by atoms with van der Waals surface area (Å²) in [7, 11) is 0. The van der Waals surface area contributed by atoms with Crippen molar-refractivity contribution in [2.75, 3.05) is 25.1 Å². The molecule has 7 heteroatoms. The summed E-state index contributed by atoms with van der Waals surface area (Å²) >= 11 is 11.4. The number of aryl methyl sites for hydroxylation is 1. The predicted molar refractivity (Wildman–Crippen MR) is 106 cm³/mol. The molecular weight excluding hydrogens is 373 g/mol. The fraction of sp³-hybridized carbons (Fsp3) is 0.368. The number of hydrogen-bond donors (Lipinski definition) is 2. The summed E-state index contributed by atoms with van der Waals surface area (Å²) in [5, 5.41) is 7.49. The molecule has 1 saturated heterocycles. The molecule has 0 aliphatic carbocycles. The van der Waals surface area contributed by atoms with Gasteiger partial charge in [-0.2, -0.15) is 0 Å². The average molecular weight is 394 g/mol. The highest BCUT2D eigenvalue weighted by atomic mass is 35.5. The van der Waals surface area contributed by atoms with E-state index in [1.165, 1.54) is 12.1 Å². The Morgan fingerprint density at radius 3 is 2.65 bits per heavy atom. The number of thiocarbonyl (C=S) groups is 1. The van der Waals surface area contributed by atoms with Crippen molar-refractivity contribution in [3.8, 4) is 0 Å². The Labute approximate surface area is 163 Å². The van der Waals surface area contributed by atoms with Crippen molar-refractivity contribution >= 4 is 34.7 Å². The highest BCUT2D eigenvalue weighted by Gasteiger charge is 2.34. The van der Waals surface area contributed by atoms with Gasteiger partial charge in [-0.25, -0.2) is 9.37 Å². The Morgan fingerprint density at radius 1 is 1.31 bits per heavy atom. The minimum Gasteiger partial charge on any atom is -0.381 e. The Morgan fingerprint density at radius 2 is 2.00 bits per heavy atom. The molecule has 2 N–H and O–H groups in total. The standard InChI is InChI=1S/C19H21ClFN3OS/c1-13-10-15(20)11-22-17(13)24-18(26)23-12-19(6-8-25-9-7-19)14-2-4-16(21)5-3-14/h2-5,10-11H,6-9,12H2,1H3,(H2,22,23,24,26). The number of halogens is 2. The van der Waals surface area contributed by atoms with Gasteiger partial charge in [0.05, 0.1) is 5.02 Å². The third-order valence-electron chi connectivity index (χ3n) is 4.77. The normalized spacial score (nSPS) is 16.1. The lowest BCUT2D eigenvalue weighted by molar-refractivity contribution is 0.0515. The number of anilines is 1. The first-order valence-electron chi connectivity index (χ1n) is 8.49. The van der Waals surface area contributed by atoms with Crippen LogP contribution in [0.25, 0.3) is 0 Å². The molecule has 1 aliphatic rings. The van der Waals surface area contributed by atoms with E-state index < -0.39 is 0 Å². The van der Waals surface area contributed by atoms with Crippen LogP contribution < -0.4 is 10.6 Å². The van der Waals surface area contributed by atoms with Gasteiger partial charge in [0, 0.05) is 31.4 Å². The van der Waals surface area contributed by atoms with Gasteiger partial charge in [-0.15, -0.1) is 0 Å². The third kappa shape index (κ3) is 4.50. The Balaban J connectivity index is 1.69. The van der Waals surface area contributed by atoms with Gasteiger partial charge >= 0.3 is 0 Å². The first-order chi connectivity index (χ1) is 12.5.